The van der Waals surface area contributed by atoms with Gasteiger partial charge < -0.3 is 9.84 Å². The number of hydrogen-bond donors (Lipinski definition) is 1. The first-order valence-electron chi connectivity index (χ1n) is 5.27. The molecule has 0 radical (unpaired) electrons. The Labute approximate surface area is 100 Å². The first-order valence-corrected chi connectivity index (χ1v) is 5.65. The minimum absolute atomic E-state index is 0.575. The monoisotopic (exact) mass is 236 g/mol. The van der Waals surface area contributed by atoms with Crippen LogP contribution in [0.15, 0.2) is 24.3 Å². The third-order valence-corrected chi connectivity index (χ3v) is 2.86. The van der Waals surface area contributed by atoms with Crippen LogP contribution in [-0.2, 0) is 4.74 Å². The minimum atomic E-state index is -0.891. The van der Waals surface area contributed by atoms with Crippen molar-refractivity contribution in [3.63, 3.8) is 0 Å². The normalized spacial score (nSPS) is 18.6. The van der Waals surface area contributed by atoms with Crippen molar-refractivity contribution in [2.24, 2.45) is 0 Å². The lowest BCUT2D eigenvalue weighted by molar-refractivity contribution is -0.0261. The maximum atomic E-state index is 10.1. The van der Waals surface area contributed by atoms with Gasteiger partial charge in [-0.05, 0) is 24.3 Å². The van der Waals surface area contributed by atoms with E-state index in [1.807, 2.05) is 12.1 Å². The van der Waals surface area contributed by atoms with Gasteiger partial charge >= 0.3 is 0 Å². The number of benzene rings is 1. The number of hydrogen-bond acceptors (Lipinski definition) is 2. The highest BCUT2D eigenvalue weighted by Crippen LogP contribution is 2.19. The largest absolute Gasteiger partial charge is 0.381 e. The maximum Gasteiger partial charge on any atom is 0.130 e. The molecular formula is C13H13ClO2. The summed E-state index contributed by atoms with van der Waals surface area (Å²) in [5, 5.41) is 10.8. The average Bonchev–Trinajstić information content (AvgIpc) is 2.29. The summed E-state index contributed by atoms with van der Waals surface area (Å²) in [5.41, 5.74) is -0.0259. The van der Waals surface area contributed by atoms with E-state index < -0.39 is 5.60 Å². The zero-order valence-electron chi connectivity index (χ0n) is 8.87. The molecule has 1 fully saturated rings. The molecule has 3 heteroatoms. The van der Waals surface area contributed by atoms with Crippen LogP contribution in [0.2, 0.25) is 5.02 Å². The van der Waals surface area contributed by atoms with Crippen molar-refractivity contribution in [3.8, 4) is 11.8 Å². The van der Waals surface area contributed by atoms with Crippen LogP contribution < -0.4 is 0 Å². The smallest absolute Gasteiger partial charge is 0.130 e. The Hall–Kier alpha value is -1.01. The first-order chi connectivity index (χ1) is 7.68. The van der Waals surface area contributed by atoms with Gasteiger partial charge in [0, 0.05) is 23.4 Å². The Kier molecular flexibility index (Phi) is 3.50. The van der Waals surface area contributed by atoms with Crippen LogP contribution in [0.3, 0.4) is 0 Å². The summed E-state index contributed by atoms with van der Waals surface area (Å²) in [4.78, 5) is 0. The molecular weight excluding hydrogens is 224 g/mol. The Morgan fingerprint density at radius 3 is 2.44 bits per heavy atom. The van der Waals surface area contributed by atoms with Crippen molar-refractivity contribution in [1.29, 1.82) is 0 Å². The molecule has 1 aliphatic rings. The van der Waals surface area contributed by atoms with Gasteiger partial charge in [0.05, 0.1) is 13.2 Å². The van der Waals surface area contributed by atoms with Gasteiger partial charge in [0.25, 0.3) is 0 Å². The van der Waals surface area contributed by atoms with Crippen molar-refractivity contribution < 1.29 is 9.84 Å². The van der Waals surface area contributed by atoms with Crippen LogP contribution >= 0.6 is 11.6 Å². The molecule has 1 aliphatic heterocycles. The predicted octanol–water partition coefficient (Wildman–Crippen LogP) is 2.23. The Bertz CT molecular complexity index is 408. The molecule has 0 unspecified atom stereocenters. The molecule has 0 atom stereocenters. The molecule has 16 heavy (non-hydrogen) atoms. The van der Waals surface area contributed by atoms with Gasteiger partial charge in [0.2, 0.25) is 0 Å². The van der Waals surface area contributed by atoms with Gasteiger partial charge in [0.1, 0.15) is 5.60 Å². The summed E-state index contributed by atoms with van der Waals surface area (Å²) in [6.07, 6.45) is 1.15. The lowest BCUT2D eigenvalue weighted by Crippen LogP contribution is -2.34. The molecule has 0 spiro atoms. The van der Waals surface area contributed by atoms with Crippen molar-refractivity contribution in [1.82, 2.24) is 0 Å². The van der Waals surface area contributed by atoms with E-state index in [0.29, 0.717) is 31.1 Å². The Balaban J connectivity index is 2.11. The van der Waals surface area contributed by atoms with Gasteiger partial charge in [-0.15, -0.1) is 0 Å². The molecule has 0 aliphatic carbocycles. The molecule has 1 aromatic carbocycles. The van der Waals surface area contributed by atoms with Crippen LogP contribution in [0.4, 0.5) is 0 Å². The van der Waals surface area contributed by atoms with Gasteiger partial charge in [0.15, 0.2) is 0 Å². The van der Waals surface area contributed by atoms with Gasteiger partial charge in [-0.1, -0.05) is 23.4 Å². The van der Waals surface area contributed by atoms with E-state index in [1.54, 1.807) is 12.1 Å². The standard InChI is InChI=1S/C13H13ClO2/c14-12-3-1-11(2-4-12)5-6-13(15)7-9-16-10-8-13/h1-4,15H,7-10H2. The number of rotatable bonds is 0. The first kappa shape index (κ1) is 11.5. The van der Waals surface area contributed by atoms with E-state index in [2.05, 4.69) is 11.8 Å². The third kappa shape index (κ3) is 2.99. The highest BCUT2D eigenvalue weighted by atomic mass is 35.5. The summed E-state index contributed by atoms with van der Waals surface area (Å²) in [6.45, 7) is 1.15. The molecule has 84 valence electrons. The summed E-state index contributed by atoms with van der Waals surface area (Å²) in [5.74, 6) is 5.88. The fourth-order valence-corrected chi connectivity index (χ4v) is 1.68. The van der Waals surface area contributed by atoms with E-state index in [9.17, 15) is 5.11 Å². The highest BCUT2D eigenvalue weighted by molar-refractivity contribution is 6.30. The molecule has 0 bridgehead atoms. The summed E-state index contributed by atoms with van der Waals surface area (Å²) in [7, 11) is 0. The van der Waals surface area contributed by atoms with Crippen LogP contribution in [0.1, 0.15) is 18.4 Å². The third-order valence-electron chi connectivity index (χ3n) is 2.60. The van der Waals surface area contributed by atoms with E-state index in [-0.39, 0.29) is 0 Å². The second-order valence-electron chi connectivity index (χ2n) is 3.90. The molecule has 1 aromatic rings. The molecule has 0 saturated carbocycles. The topological polar surface area (TPSA) is 29.5 Å². The molecule has 1 saturated heterocycles. The van der Waals surface area contributed by atoms with Crippen LogP contribution in [0, 0.1) is 11.8 Å². The summed E-state index contributed by atoms with van der Waals surface area (Å²) >= 11 is 5.77. The SMILES string of the molecule is OC1(C#Cc2ccc(Cl)cc2)CCOCC1. The second kappa shape index (κ2) is 4.88. The van der Waals surface area contributed by atoms with E-state index in [1.165, 1.54) is 0 Å². The zero-order chi connectivity index (χ0) is 11.4. The van der Waals surface area contributed by atoms with Crippen molar-refractivity contribution in [2.45, 2.75) is 18.4 Å². The second-order valence-corrected chi connectivity index (χ2v) is 4.34. The maximum absolute atomic E-state index is 10.1. The van der Waals surface area contributed by atoms with Crippen molar-refractivity contribution in [2.75, 3.05) is 13.2 Å². The molecule has 0 aromatic heterocycles. The van der Waals surface area contributed by atoms with Crippen LogP contribution in [0.5, 0.6) is 0 Å². The predicted molar refractivity (Wildman–Crippen MR) is 63.3 cm³/mol. The Morgan fingerprint density at radius 1 is 1.19 bits per heavy atom. The minimum Gasteiger partial charge on any atom is -0.381 e. The molecule has 1 N–H and O–H groups in total. The molecule has 2 nitrogen and oxygen atoms in total. The van der Waals surface area contributed by atoms with E-state index in [4.69, 9.17) is 16.3 Å². The van der Waals surface area contributed by atoms with Crippen LogP contribution in [-0.4, -0.2) is 23.9 Å². The lowest BCUT2D eigenvalue weighted by Gasteiger charge is -2.26. The number of halogens is 1. The van der Waals surface area contributed by atoms with Crippen molar-refractivity contribution >= 4 is 11.6 Å². The van der Waals surface area contributed by atoms with Crippen molar-refractivity contribution in [3.05, 3.63) is 34.9 Å². The summed E-state index contributed by atoms with van der Waals surface area (Å²) in [6, 6.07) is 7.27. The fraction of sp³-hybridized carbons (Fsp3) is 0.385. The fourth-order valence-electron chi connectivity index (χ4n) is 1.56. The number of ether oxygens (including phenoxy) is 1. The zero-order valence-corrected chi connectivity index (χ0v) is 9.63. The quantitative estimate of drug-likeness (QED) is 0.700. The van der Waals surface area contributed by atoms with E-state index >= 15 is 0 Å². The molecule has 1 heterocycles. The van der Waals surface area contributed by atoms with E-state index in [0.717, 1.165) is 5.56 Å². The van der Waals surface area contributed by atoms with Gasteiger partial charge in [-0.25, -0.2) is 0 Å². The Morgan fingerprint density at radius 2 is 1.81 bits per heavy atom. The average molecular weight is 237 g/mol. The summed E-state index contributed by atoms with van der Waals surface area (Å²) < 4.78 is 5.19. The molecule has 2 rings (SSSR count). The van der Waals surface area contributed by atoms with Gasteiger partial charge in [-0.3, -0.25) is 0 Å². The lowest BCUT2D eigenvalue weighted by atomic mass is 9.95. The van der Waals surface area contributed by atoms with Crippen LogP contribution in [0.25, 0.3) is 0 Å². The molecule has 0 amide bonds. The van der Waals surface area contributed by atoms with Gasteiger partial charge in [-0.2, -0.15) is 0 Å². The number of aliphatic hydroxyl groups is 1. The highest BCUT2D eigenvalue weighted by Gasteiger charge is 2.27.